The van der Waals surface area contributed by atoms with E-state index in [-0.39, 0.29) is 12.6 Å². The predicted molar refractivity (Wildman–Crippen MR) is 67.5 cm³/mol. The van der Waals surface area contributed by atoms with E-state index >= 15 is 0 Å². The highest BCUT2D eigenvalue weighted by Crippen LogP contribution is 2.28. The first kappa shape index (κ1) is 12.0. The van der Waals surface area contributed by atoms with E-state index in [2.05, 4.69) is 21.7 Å². The molecule has 3 N–H and O–H groups in total. The molecule has 0 aromatic carbocycles. The average molecular weight is 240 g/mol. The molecule has 2 unspecified atom stereocenters. The van der Waals surface area contributed by atoms with Gasteiger partial charge in [-0.15, -0.1) is 0 Å². The van der Waals surface area contributed by atoms with Gasteiger partial charge >= 0.3 is 0 Å². The fraction of sp³-hybridized carbons (Fsp3) is 0.667. The number of aliphatic hydroxyl groups is 1. The molecule has 16 heavy (non-hydrogen) atoms. The molecule has 1 aliphatic rings. The Morgan fingerprint density at radius 3 is 3.06 bits per heavy atom. The van der Waals surface area contributed by atoms with Gasteiger partial charge in [-0.05, 0) is 41.8 Å². The van der Waals surface area contributed by atoms with Gasteiger partial charge in [-0.2, -0.15) is 11.3 Å². The van der Waals surface area contributed by atoms with Crippen LogP contribution in [0.15, 0.2) is 16.8 Å². The van der Waals surface area contributed by atoms with Crippen molar-refractivity contribution >= 4 is 11.3 Å². The molecule has 2 rings (SSSR count). The van der Waals surface area contributed by atoms with Crippen LogP contribution in [0.1, 0.15) is 30.9 Å². The largest absolute Gasteiger partial charge is 0.395 e. The van der Waals surface area contributed by atoms with E-state index in [9.17, 15) is 5.11 Å². The molecule has 0 spiro atoms. The summed E-state index contributed by atoms with van der Waals surface area (Å²) in [6.07, 6.45) is 3.54. The number of nitrogens with two attached hydrogens (primary N) is 1. The molecule has 0 saturated carbocycles. The van der Waals surface area contributed by atoms with Crippen molar-refractivity contribution in [2.45, 2.75) is 31.3 Å². The third-order valence-corrected chi connectivity index (χ3v) is 4.14. The van der Waals surface area contributed by atoms with Crippen LogP contribution < -0.4 is 5.73 Å². The van der Waals surface area contributed by atoms with Gasteiger partial charge in [0.05, 0.1) is 6.61 Å². The van der Waals surface area contributed by atoms with Crippen molar-refractivity contribution in [2.24, 2.45) is 5.73 Å². The molecule has 0 radical (unpaired) electrons. The van der Waals surface area contributed by atoms with E-state index in [0.717, 1.165) is 13.0 Å². The van der Waals surface area contributed by atoms with E-state index in [1.165, 1.54) is 18.4 Å². The third-order valence-electron chi connectivity index (χ3n) is 3.43. The van der Waals surface area contributed by atoms with Gasteiger partial charge in [-0.3, -0.25) is 4.90 Å². The Labute approximate surface area is 101 Å². The zero-order valence-electron chi connectivity index (χ0n) is 9.51. The topological polar surface area (TPSA) is 49.5 Å². The second-order valence-electron chi connectivity index (χ2n) is 4.38. The Hall–Kier alpha value is -0.420. The molecule has 90 valence electrons. The molecule has 2 heterocycles. The normalized spacial score (nSPS) is 24.5. The summed E-state index contributed by atoms with van der Waals surface area (Å²) in [6.45, 7) is 1.94. The molecule has 1 aromatic rings. The minimum absolute atomic E-state index is 0.251. The molecule has 1 aromatic heterocycles. The summed E-state index contributed by atoms with van der Waals surface area (Å²) in [6, 6.07) is 2.72. The second kappa shape index (κ2) is 5.77. The Kier molecular flexibility index (Phi) is 4.35. The lowest BCUT2D eigenvalue weighted by molar-refractivity contribution is 0.0554. The quantitative estimate of drug-likeness (QED) is 0.840. The van der Waals surface area contributed by atoms with E-state index < -0.39 is 0 Å². The first-order valence-corrected chi connectivity index (χ1v) is 6.90. The molecule has 1 fully saturated rings. The van der Waals surface area contributed by atoms with Crippen molar-refractivity contribution in [3.8, 4) is 0 Å². The van der Waals surface area contributed by atoms with E-state index in [1.807, 2.05) is 0 Å². The smallest absolute Gasteiger partial charge is 0.0587 e. The number of hydrogen-bond acceptors (Lipinski definition) is 4. The zero-order chi connectivity index (χ0) is 11.4. The minimum atomic E-state index is 0.251. The summed E-state index contributed by atoms with van der Waals surface area (Å²) in [5.41, 5.74) is 7.19. The molecule has 4 heteroatoms. The van der Waals surface area contributed by atoms with Crippen LogP contribution in [0, 0.1) is 0 Å². The lowest BCUT2D eigenvalue weighted by Crippen LogP contribution is -2.46. The maximum atomic E-state index is 9.42. The predicted octanol–water partition coefficient (Wildman–Crippen LogP) is 1.59. The highest BCUT2D eigenvalue weighted by Gasteiger charge is 2.28. The SMILES string of the molecule is NCC(c1ccsc1)N1CCCCC1CO. The second-order valence-corrected chi connectivity index (χ2v) is 5.16. The summed E-state index contributed by atoms with van der Waals surface area (Å²) < 4.78 is 0. The lowest BCUT2D eigenvalue weighted by atomic mass is 9.98. The van der Waals surface area contributed by atoms with E-state index in [0.29, 0.717) is 12.6 Å². The van der Waals surface area contributed by atoms with E-state index in [4.69, 9.17) is 5.73 Å². The number of nitrogens with zero attached hydrogens (tertiary/aromatic N) is 1. The van der Waals surface area contributed by atoms with Crippen molar-refractivity contribution in [2.75, 3.05) is 19.7 Å². The van der Waals surface area contributed by atoms with Crippen molar-refractivity contribution in [1.29, 1.82) is 0 Å². The fourth-order valence-corrected chi connectivity index (χ4v) is 3.26. The fourth-order valence-electron chi connectivity index (χ4n) is 2.56. The van der Waals surface area contributed by atoms with Crippen LogP contribution in [0.25, 0.3) is 0 Å². The zero-order valence-corrected chi connectivity index (χ0v) is 10.3. The molecular weight excluding hydrogens is 220 g/mol. The maximum Gasteiger partial charge on any atom is 0.0587 e. The average Bonchev–Trinajstić information content (AvgIpc) is 2.84. The summed E-state index contributed by atoms with van der Waals surface area (Å²) in [4.78, 5) is 2.38. The number of piperidine rings is 1. The standard InChI is InChI=1S/C12H20N2OS/c13-7-12(10-4-6-16-9-10)14-5-2-1-3-11(14)8-15/h4,6,9,11-12,15H,1-3,5,7-8,13H2. The Morgan fingerprint density at radius 2 is 2.44 bits per heavy atom. The lowest BCUT2D eigenvalue weighted by Gasteiger charge is -2.40. The molecule has 1 aliphatic heterocycles. The first-order valence-electron chi connectivity index (χ1n) is 5.95. The number of rotatable bonds is 4. The van der Waals surface area contributed by atoms with Crippen molar-refractivity contribution in [3.63, 3.8) is 0 Å². The Morgan fingerprint density at radius 1 is 1.56 bits per heavy atom. The van der Waals surface area contributed by atoms with Gasteiger partial charge in [0.25, 0.3) is 0 Å². The van der Waals surface area contributed by atoms with Gasteiger partial charge in [0.15, 0.2) is 0 Å². The minimum Gasteiger partial charge on any atom is -0.395 e. The molecule has 1 saturated heterocycles. The number of likely N-dealkylation sites (tertiary alicyclic amines) is 1. The molecule has 0 aliphatic carbocycles. The highest BCUT2D eigenvalue weighted by atomic mass is 32.1. The molecule has 2 atom stereocenters. The van der Waals surface area contributed by atoms with E-state index in [1.54, 1.807) is 11.3 Å². The van der Waals surface area contributed by atoms with Crippen molar-refractivity contribution in [1.82, 2.24) is 4.90 Å². The van der Waals surface area contributed by atoms with Crippen LogP contribution in [0.4, 0.5) is 0 Å². The maximum absolute atomic E-state index is 9.42. The first-order chi connectivity index (χ1) is 7.86. The van der Waals surface area contributed by atoms with Gasteiger partial charge in [0.2, 0.25) is 0 Å². The number of hydrogen-bond donors (Lipinski definition) is 2. The van der Waals surface area contributed by atoms with Crippen LogP contribution in [-0.4, -0.2) is 35.7 Å². The van der Waals surface area contributed by atoms with Crippen LogP contribution in [0.2, 0.25) is 0 Å². The Balaban J connectivity index is 2.13. The van der Waals surface area contributed by atoms with Crippen LogP contribution in [0.5, 0.6) is 0 Å². The summed E-state index contributed by atoms with van der Waals surface area (Å²) >= 11 is 1.71. The van der Waals surface area contributed by atoms with Crippen LogP contribution in [0.3, 0.4) is 0 Å². The molecule has 0 bridgehead atoms. The van der Waals surface area contributed by atoms with Gasteiger partial charge in [-0.1, -0.05) is 6.42 Å². The third kappa shape index (κ3) is 2.46. The summed E-state index contributed by atoms with van der Waals surface area (Å²) in [7, 11) is 0. The number of thiophene rings is 1. The monoisotopic (exact) mass is 240 g/mol. The summed E-state index contributed by atoms with van der Waals surface area (Å²) in [5.74, 6) is 0. The molecule has 0 amide bonds. The van der Waals surface area contributed by atoms with Crippen molar-refractivity contribution < 1.29 is 5.11 Å². The van der Waals surface area contributed by atoms with Gasteiger partial charge in [-0.25, -0.2) is 0 Å². The van der Waals surface area contributed by atoms with Crippen molar-refractivity contribution in [3.05, 3.63) is 22.4 Å². The summed E-state index contributed by atoms with van der Waals surface area (Å²) in [5, 5.41) is 13.7. The highest BCUT2D eigenvalue weighted by molar-refractivity contribution is 7.07. The van der Waals surface area contributed by atoms with Gasteiger partial charge < -0.3 is 10.8 Å². The van der Waals surface area contributed by atoms with Gasteiger partial charge in [0.1, 0.15) is 0 Å². The number of aliphatic hydroxyl groups excluding tert-OH is 1. The van der Waals surface area contributed by atoms with Crippen LogP contribution >= 0.6 is 11.3 Å². The molecule has 3 nitrogen and oxygen atoms in total. The Bertz CT molecular complexity index is 302. The molecular formula is C12H20N2OS. The van der Waals surface area contributed by atoms with Crippen LogP contribution in [-0.2, 0) is 0 Å². The van der Waals surface area contributed by atoms with Gasteiger partial charge in [0, 0.05) is 18.6 Å².